The minimum absolute atomic E-state index is 0.0340. The largest absolute Gasteiger partial charge is 0.497 e. The molecule has 0 atom stereocenters. The van der Waals surface area contributed by atoms with Gasteiger partial charge in [0.2, 0.25) is 0 Å². The second-order valence-corrected chi connectivity index (χ2v) is 7.05. The number of hydrogen-bond acceptors (Lipinski definition) is 5. The SMILES string of the molecule is COc1ccc(OC)c(NC(=O)c2ccc3c(=O)n4c(nc3c2)CCCCC4)c1. The van der Waals surface area contributed by atoms with E-state index in [1.807, 2.05) is 0 Å². The van der Waals surface area contributed by atoms with Crippen molar-refractivity contribution >= 4 is 22.5 Å². The van der Waals surface area contributed by atoms with E-state index in [4.69, 9.17) is 9.47 Å². The van der Waals surface area contributed by atoms with Crippen LogP contribution in [-0.4, -0.2) is 29.7 Å². The third-order valence-electron chi connectivity index (χ3n) is 5.23. The molecular formula is C22H23N3O4. The summed E-state index contributed by atoms with van der Waals surface area (Å²) in [6.07, 6.45) is 3.88. The van der Waals surface area contributed by atoms with E-state index in [0.29, 0.717) is 40.2 Å². The van der Waals surface area contributed by atoms with Gasteiger partial charge in [0.25, 0.3) is 11.5 Å². The number of fused-ring (bicyclic) bond motifs is 2. The van der Waals surface area contributed by atoms with Crippen LogP contribution in [-0.2, 0) is 13.0 Å². The third kappa shape index (κ3) is 3.68. The zero-order chi connectivity index (χ0) is 20.4. The van der Waals surface area contributed by atoms with Crippen LogP contribution in [0.4, 0.5) is 5.69 Å². The summed E-state index contributed by atoms with van der Waals surface area (Å²) in [5.74, 6) is 1.63. The van der Waals surface area contributed by atoms with Crippen molar-refractivity contribution < 1.29 is 14.3 Å². The average molecular weight is 393 g/mol. The van der Waals surface area contributed by atoms with Crippen molar-refractivity contribution in [2.45, 2.75) is 32.2 Å². The Balaban J connectivity index is 1.69. The van der Waals surface area contributed by atoms with Crippen LogP contribution in [0.2, 0.25) is 0 Å². The molecule has 0 unspecified atom stereocenters. The van der Waals surface area contributed by atoms with Gasteiger partial charge in [-0.15, -0.1) is 0 Å². The Bertz CT molecular complexity index is 1140. The molecule has 2 aromatic carbocycles. The Kier molecular flexibility index (Phi) is 5.20. The number of carbonyl (C=O) groups excluding carboxylic acids is 1. The highest BCUT2D eigenvalue weighted by Crippen LogP contribution is 2.29. The monoisotopic (exact) mass is 393 g/mol. The highest BCUT2D eigenvalue weighted by Gasteiger charge is 2.16. The molecule has 2 heterocycles. The van der Waals surface area contributed by atoms with Gasteiger partial charge in [-0.3, -0.25) is 14.2 Å². The lowest BCUT2D eigenvalue weighted by atomic mass is 10.1. The number of aryl methyl sites for hydroxylation is 1. The van der Waals surface area contributed by atoms with Gasteiger partial charge in [-0.2, -0.15) is 0 Å². The maximum absolute atomic E-state index is 12.8. The van der Waals surface area contributed by atoms with Crippen molar-refractivity contribution in [3.05, 3.63) is 58.1 Å². The summed E-state index contributed by atoms with van der Waals surface area (Å²) in [6.45, 7) is 0.703. The minimum atomic E-state index is -0.310. The molecule has 1 aliphatic heterocycles. The normalized spacial score (nSPS) is 13.4. The molecule has 3 aromatic rings. The summed E-state index contributed by atoms with van der Waals surface area (Å²) in [4.78, 5) is 30.4. The molecule has 7 nitrogen and oxygen atoms in total. The molecule has 0 spiro atoms. The number of nitrogens with zero attached hydrogens (tertiary/aromatic N) is 2. The minimum Gasteiger partial charge on any atom is -0.497 e. The van der Waals surface area contributed by atoms with Crippen molar-refractivity contribution in [1.82, 2.24) is 9.55 Å². The van der Waals surface area contributed by atoms with Crippen molar-refractivity contribution in [3.63, 3.8) is 0 Å². The van der Waals surface area contributed by atoms with E-state index in [1.54, 1.807) is 48.1 Å². The lowest BCUT2D eigenvalue weighted by molar-refractivity contribution is 0.102. The van der Waals surface area contributed by atoms with E-state index in [0.717, 1.165) is 31.5 Å². The standard InChI is InChI=1S/C22H23N3O4/c1-28-15-8-10-19(29-2)18(13-15)24-21(26)14-7-9-16-17(12-14)23-20-6-4-3-5-11-25(20)22(16)27/h7-10,12-13H,3-6,11H2,1-2H3,(H,24,26). The van der Waals surface area contributed by atoms with Gasteiger partial charge >= 0.3 is 0 Å². The van der Waals surface area contributed by atoms with Gasteiger partial charge in [0.15, 0.2) is 0 Å². The fourth-order valence-corrected chi connectivity index (χ4v) is 3.67. The van der Waals surface area contributed by atoms with E-state index < -0.39 is 0 Å². The van der Waals surface area contributed by atoms with Gasteiger partial charge < -0.3 is 14.8 Å². The van der Waals surface area contributed by atoms with E-state index in [1.165, 1.54) is 7.11 Å². The van der Waals surface area contributed by atoms with Crippen LogP contribution in [0.5, 0.6) is 11.5 Å². The molecule has 4 rings (SSSR count). The summed E-state index contributed by atoms with van der Waals surface area (Å²) >= 11 is 0. The highest BCUT2D eigenvalue weighted by atomic mass is 16.5. The molecular weight excluding hydrogens is 370 g/mol. The molecule has 0 aliphatic carbocycles. The van der Waals surface area contributed by atoms with Crippen molar-refractivity contribution in [3.8, 4) is 11.5 Å². The Morgan fingerprint density at radius 3 is 2.72 bits per heavy atom. The smallest absolute Gasteiger partial charge is 0.261 e. The van der Waals surface area contributed by atoms with E-state index in [2.05, 4.69) is 10.3 Å². The molecule has 150 valence electrons. The summed E-state index contributed by atoms with van der Waals surface area (Å²) in [5.41, 5.74) is 1.45. The maximum atomic E-state index is 12.8. The van der Waals surface area contributed by atoms with Crippen LogP contribution in [0.1, 0.15) is 35.4 Å². The van der Waals surface area contributed by atoms with Crippen molar-refractivity contribution in [1.29, 1.82) is 0 Å². The number of carbonyl (C=O) groups is 1. The zero-order valence-electron chi connectivity index (χ0n) is 16.5. The number of amides is 1. The first-order chi connectivity index (χ1) is 14.1. The Labute approximate surface area is 168 Å². The lowest BCUT2D eigenvalue weighted by Gasteiger charge is -2.13. The number of benzene rings is 2. The molecule has 1 N–H and O–H groups in total. The van der Waals surface area contributed by atoms with Crippen LogP contribution < -0.4 is 20.3 Å². The van der Waals surface area contributed by atoms with Gasteiger partial charge in [0.05, 0.1) is 30.8 Å². The Morgan fingerprint density at radius 1 is 1.07 bits per heavy atom. The number of anilines is 1. The lowest BCUT2D eigenvalue weighted by Crippen LogP contribution is -2.24. The fraction of sp³-hybridized carbons (Fsp3) is 0.318. The molecule has 0 saturated carbocycles. The Morgan fingerprint density at radius 2 is 1.93 bits per heavy atom. The van der Waals surface area contributed by atoms with Crippen molar-refractivity contribution in [2.75, 3.05) is 19.5 Å². The molecule has 7 heteroatoms. The van der Waals surface area contributed by atoms with Crippen LogP contribution in [0, 0.1) is 0 Å². The van der Waals surface area contributed by atoms with Crippen LogP contribution >= 0.6 is 0 Å². The molecule has 29 heavy (non-hydrogen) atoms. The van der Waals surface area contributed by atoms with Gasteiger partial charge in [-0.05, 0) is 43.2 Å². The van der Waals surface area contributed by atoms with Crippen LogP contribution in [0.25, 0.3) is 10.9 Å². The number of nitrogens with one attached hydrogen (secondary N) is 1. The summed E-state index contributed by atoms with van der Waals surface area (Å²) < 4.78 is 12.3. The van der Waals surface area contributed by atoms with Gasteiger partial charge in [0, 0.05) is 24.6 Å². The number of rotatable bonds is 4. The summed E-state index contributed by atoms with van der Waals surface area (Å²) in [6, 6.07) is 10.2. The zero-order valence-corrected chi connectivity index (χ0v) is 16.5. The third-order valence-corrected chi connectivity index (χ3v) is 5.23. The van der Waals surface area contributed by atoms with Gasteiger partial charge in [0.1, 0.15) is 17.3 Å². The fourth-order valence-electron chi connectivity index (χ4n) is 3.67. The number of aromatic nitrogens is 2. The Hall–Kier alpha value is -3.35. The highest BCUT2D eigenvalue weighted by molar-refractivity contribution is 6.06. The van der Waals surface area contributed by atoms with E-state index in [9.17, 15) is 9.59 Å². The first kappa shape index (κ1) is 19.0. The average Bonchev–Trinajstić information content (AvgIpc) is 2.99. The number of methoxy groups -OCH3 is 2. The topological polar surface area (TPSA) is 82.5 Å². The molecule has 0 saturated heterocycles. The maximum Gasteiger partial charge on any atom is 0.261 e. The quantitative estimate of drug-likeness (QED) is 0.735. The first-order valence-corrected chi connectivity index (χ1v) is 9.67. The van der Waals surface area contributed by atoms with Crippen LogP contribution in [0.15, 0.2) is 41.2 Å². The van der Waals surface area contributed by atoms with E-state index in [-0.39, 0.29) is 11.5 Å². The molecule has 1 aliphatic rings. The first-order valence-electron chi connectivity index (χ1n) is 9.67. The summed E-state index contributed by atoms with van der Waals surface area (Å²) in [5, 5.41) is 3.38. The number of ether oxygens (including phenoxy) is 2. The predicted molar refractivity (Wildman–Crippen MR) is 111 cm³/mol. The van der Waals surface area contributed by atoms with E-state index >= 15 is 0 Å². The molecule has 1 amide bonds. The van der Waals surface area contributed by atoms with Crippen LogP contribution in [0.3, 0.4) is 0 Å². The second-order valence-electron chi connectivity index (χ2n) is 7.05. The molecule has 1 aromatic heterocycles. The van der Waals surface area contributed by atoms with Gasteiger partial charge in [-0.25, -0.2) is 4.98 Å². The van der Waals surface area contributed by atoms with Crippen molar-refractivity contribution in [2.24, 2.45) is 0 Å². The second kappa shape index (κ2) is 7.95. The number of hydrogen-bond donors (Lipinski definition) is 1. The molecule has 0 radical (unpaired) electrons. The van der Waals surface area contributed by atoms with Gasteiger partial charge in [-0.1, -0.05) is 6.42 Å². The summed E-state index contributed by atoms with van der Waals surface area (Å²) in [7, 11) is 3.10. The predicted octanol–water partition coefficient (Wildman–Crippen LogP) is 3.39. The molecule has 0 fully saturated rings. The molecule has 0 bridgehead atoms.